The molecule has 0 atom stereocenters. The number of rotatable bonds is 26. The second kappa shape index (κ2) is 24.2. The lowest BCUT2D eigenvalue weighted by molar-refractivity contribution is -0.129. The van der Waals surface area contributed by atoms with Crippen LogP contribution in [0.1, 0.15) is 155 Å². The molecule has 0 aliphatic carbocycles. The molecule has 0 saturated carbocycles. The zero-order chi connectivity index (χ0) is 28.4. The standard InChI is InChI=1S/C33H56O5S/c1-2-3-4-5-6-7-8-9-10-11-12-13-14-15-16-17-18-19-20-21-22-23-24-25-26-33(34)38-31-27-29-32(30-28-31)39(35,36)37/h25-30H,2-24H2,1H3,(H,35,36,37). The highest BCUT2D eigenvalue weighted by Gasteiger charge is 2.09. The van der Waals surface area contributed by atoms with Crippen LogP contribution in [0.3, 0.4) is 0 Å². The Morgan fingerprint density at radius 2 is 1.00 bits per heavy atom. The first-order chi connectivity index (χ1) is 18.9. The van der Waals surface area contributed by atoms with Crippen LogP contribution in [-0.2, 0) is 14.9 Å². The van der Waals surface area contributed by atoms with Crippen molar-refractivity contribution in [1.82, 2.24) is 0 Å². The monoisotopic (exact) mass is 564 g/mol. The largest absolute Gasteiger partial charge is 0.423 e. The van der Waals surface area contributed by atoms with Gasteiger partial charge in [-0.3, -0.25) is 4.55 Å². The van der Waals surface area contributed by atoms with Crippen molar-refractivity contribution in [2.24, 2.45) is 0 Å². The molecule has 1 rings (SSSR count). The number of unbranched alkanes of at least 4 members (excludes halogenated alkanes) is 22. The lowest BCUT2D eigenvalue weighted by Crippen LogP contribution is -2.04. The quantitative estimate of drug-likeness (QED) is 0.0398. The van der Waals surface area contributed by atoms with Crippen molar-refractivity contribution in [2.75, 3.05) is 0 Å². The Morgan fingerprint density at radius 1 is 0.641 bits per heavy atom. The van der Waals surface area contributed by atoms with Crippen LogP contribution in [0.25, 0.3) is 0 Å². The van der Waals surface area contributed by atoms with Gasteiger partial charge in [0.1, 0.15) is 5.75 Å². The summed E-state index contributed by atoms with van der Waals surface area (Å²) in [6.45, 7) is 2.28. The van der Waals surface area contributed by atoms with Gasteiger partial charge in [0, 0.05) is 6.08 Å². The molecular weight excluding hydrogens is 508 g/mol. The van der Waals surface area contributed by atoms with Gasteiger partial charge in [0.15, 0.2) is 0 Å². The van der Waals surface area contributed by atoms with Crippen LogP contribution in [0.2, 0.25) is 0 Å². The highest BCUT2D eigenvalue weighted by atomic mass is 32.2. The fourth-order valence-electron chi connectivity index (χ4n) is 4.88. The van der Waals surface area contributed by atoms with Crippen molar-refractivity contribution < 1.29 is 22.5 Å². The molecule has 6 heteroatoms. The normalized spacial score (nSPS) is 11.8. The molecule has 1 aromatic rings. The average molecular weight is 565 g/mol. The summed E-state index contributed by atoms with van der Waals surface area (Å²) in [4.78, 5) is 11.6. The predicted octanol–water partition coefficient (Wildman–Crippen LogP) is 10.4. The number of hydrogen-bond acceptors (Lipinski definition) is 4. The van der Waals surface area contributed by atoms with Gasteiger partial charge in [-0.25, -0.2) is 4.79 Å². The van der Waals surface area contributed by atoms with Gasteiger partial charge in [0.25, 0.3) is 10.1 Å². The van der Waals surface area contributed by atoms with Gasteiger partial charge in [-0.1, -0.05) is 148 Å². The van der Waals surface area contributed by atoms with Gasteiger partial charge in [-0.15, -0.1) is 0 Å². The number of benzene rings is 1. The maximum Gasteiger partial charge on any atom is 0.335 e. The highest BCUT2D eigenvalue weighted by Crippen LogP contribution is 2.17. The van der Waals surface area contributed by atoms with E-state index in [-0.39, 0.29) is 10.6 Å². The number of carbonyl (C=O) groups excluding carboxylic acids is 1. The average Bonchev–Trinajstić information content (AvgIpc) is 2.91. The van der Waals surface area contributed by atoms with E-state index < -0.39 is 16.1 Å². The maximum atomic E-state index is 11.8. The van der Waals surface area contributed by atoms with Gasteiger partial charge in [-0.2, -0.15) is 8.42 Å². The Bertz CT molecular complexity index is 845. The Balaban J connectivity index is 1.81. The second-order valence-corrected chi connectivity index (χ2v) is 12.4. The first-order valence-corrected chi connectivity index (χ1v) is 17.3. The van der Waals surface area contributed by atoms with Crippen LogP contribution in [0, 0.1) is 0 Å². The van der Waals surface area contributed by atoms with Gasteiger partial charge in [0.2, 0.25) is 0 Å². The smallest absolute Gasteiger partial charge is 0.335 e. The molecule has 0 heterocycles. The summed E-state index contributed by atoms with van der Waals surface area (Å²) >= 11 is 0. The molecule has 0 fully saturated rings. The second-order valence-electron chi connectivity index (χ2n) is 11.0. The number of hydrogen-bond donors (Lipinski definition) is 1. The van der Waals surface area contributed by atoms with E-state index in [1.165, 1.54) is 165 Å². The van der Waals surface area contributed by atoms with E-state index >= 15 is 0 Å². The lowest BCUT2D eigenvalue weighted by atomic mass is 10.0. The van der Waals surface area contributed by atoms with Crippen LogP contribution >= 0.6 is 0 Å². The zero-order valence-electron chi connectivity index (χ0n) is 24.7. The van der Waals surface area contributed by atoms with Crippen molar-refractivity contribution in [3.05, 3.63) is 36.4 Å². The minimum absolute atomic E-state index is 0.233. The van der Waals surface area contributed by atoms with E-state index in [0.717, 1.165) is 12.8 Å². The summed E-state index contributed by atoms with van der Waals surface area (Å²) < 4.78 is 36.2. The van der Waals surface area contributed by atoms with E-state index in [4.69, 9.17) is 9.29 Å². The van der Waals surface area contributed by atoms with Crippen molar-refractivity contribution in [1.29, 1.82) is 0 Å². The maximum absolute atomic E-state index is 11.8. The highest BCUT2D eigenvalue weighted by molar-refractivity contribution is 7.85. The number of allylic oxidation sites excluding steroid dienone is 1. The van der Waals surface area contributed by atoms with Crippen LogP contribution < -0.4 is 4.74 Å². The number of esters is 1. The SMILES string of the molecule is CCCCCCCCCCCCCCCCCCCCCCCCC=CC(=O)Oc1ccc(S(=O)(=O)O)cc1. The fourth-order valence-corrected chi connectivity index (χ4v) is 5.36. The summed E-state index contributed by atoms with van der Waals surface area (Å²) in [5.74, 6) is -0.255. The molecule has 0 aliphatic rings. The number of ether oxygens (including phenoxy) is 1. The molecule has 0 saturated heterocycles. The predicted molar refractivity (Wildman–Crippen MR) is 163 cm³/mol. The summed E-state index contributed by atoms with van der Waals surface area (Å²) in [5, 5.41) is 0. The third kappa shape index (κ3) is 21.8. The van der Waals surface area contributed by atoms with Crippen molar-refractivity contribution in [3.8, 4) is 5.75 Å². The topological polar surface area (TPSA) is 80.7 Å². The van der Waals surface area contributed by atoms with Crippen LogP contribution in [-0.4, -0.2) is 18.9 Å². The van der Waals surface area contributed by atoms with E-state index in [9.17, 15) is 13.2 Å². The molecule has 5 nitrogen and oxygen atoms in total. The molecule has 1 N–H and O–H groups in total. The van der Waals surface area contributed by atoms with Gasteiger partial charge in [0.05, 0.1) is 4.90 Å². The first-order valence-electron chi connectivity index (χ1n) is 15.9. The lowest BCUT2D eigenvalue weighted by Gasteiger charge is -2.04. The van der Waals surface area contributed by atoms with Crippen LogP contribution in [0.4, 0.5) is 0 Å². The van der Waals surface area contributed by atoms with Crippen molar-refractivity contribution in [2.45, 2.75) is 159 Å². The fraction of sp³-hybridized carbons (Fsp3) is 0.727. The molecule has 0 aromatic heterocycles. The molecule has 0 bridgehead atoms. The van der Waals surface area contributed by atoms with Crippen LogP contribution in [0.5, 0.6) is 5.75 Å². The van der Waals surface area contributed by atoms with Crippen molar-refractivity contribution >= 4 is 16.1 Å². The molecule has 0 spiro atoms. The minimum Gasteiger partial charge on any atom is -0.423 e. The minimum atomic E-state index is -4.25. The Kier molecular flexibility index (Phi) is 21.9. The molecular formula is C33H56O5S. The molecule has 1 aromatic carbocycles. The third-order valence-electron chi connectivity index (χ3n) is 7.32. The molecule has 0 amide bonds. The van der Waals surface area contributed by atoms with E-state index in [2.05, 4.69) is 6.92 Å². The molecule has 0 radical (unpaired) electrons. The summed E-state index contributed by atoms with van der Waals surface area (Å²) in [7, 11) is -4.25. The van der Waals surface area contributed by atoms with Gasteiger partial charge < -0.3 is 4.74 Å². The Labute approximate surface area is 239 Å². The zero-order valence-corrected chi connectivity index (χ0v) is 25.5. The molecule has 0 aliphatic heterocycles. The summed E-state index contributed by atoms with van der Waals surface area (Å²) in [6, 6.07) is 5.08. The van der Waals surface area contributed by atoms with E-state index in [1.54, 1.807) is 0 Å². The third-order valence-corrected chi connectivity index (χ3v) is 8.19. The molecule has 0 unspecified atom stereocenters. The molecule has 224 valence electrons. The Hall–Kier alpha value is -1.66. The first kappa shape index (κ1) is 35.4. The molecule has 39 heavy (non-hydrogen) atoms. The Morgan fingerprint density at radius 3 is 1.36 bits per heavy atom. The summed E-state index contributed by atoms with van der Waals surface area (Å²) in [6.07, 6.45) is 34.3. The number of carbonyl (C=O) groups is 1. The van der Waals surface area contributed by atoms with Crippen molar-refractivity contribution in [3.63, 3.8) is 0 Å². The summed E-state index contributed by atoms with van der Waals surface area (Å²) in [5.41, 5.74) is 0. The van der Waals surface area contributed by atoms with Crippen LogP contribution in [0.15, 0.2) is 41.3 Å². The van der Waals surface area contributed by atoms with E-state index in [1.807, 2.05) is 6.08 Å². The van der Waals surface area contributed by atoms with Gasteiger partial charge in [-0.05, 0) is 37.1 Å². The van der Waals surface area contributed by atoms with Gasteiger partial charge >= 0.3 is 5.97 Å². The van der Waals surface area contributed by atoms with E-state index in [0.29, 0.717) is 0 Å².